The lowest BCUT2D eigenvalue weighted by molar-refractivity contribution is -0.111. The van der Waals surface area contributed by atoms with Crippen molar-refractivity contribution in [3.63, 3.8) is 0 Å². The number of carbonyl (C=O) groups is 2. The molecule has 3 rings (SSSR count). The number of carbonyl (C=O) groups excluding carboxylic acids is 2. The van der Waals surface area contributed by atoms with E-state index in [1.165, 1.54) is 18.2 Å². The third-order valence-electron chi connectivity index (χ3n) is 4.70. The normalized spacial score (nSPS) is 11.5. The predicted molar refractivity (Wildman–Crippen MR) is 119 cm³/mol. The molecular formula is C26H24FNO2. The number of hydrogen-bond donors (Lipinski definition) is 1. The number of halogens is 1. The summed E-state index contributed by atoms with van der Waals surface area (Å²) in [6.07, 6.45) is 2.97. The van der Waals surface area contributed by atoms with Crippen LogP contribution in [0.15, 0.2) is 78.9 Å². The average Bonchev–Trinajstić information content (AvgIpc) is 2.72. The number of amides is 1. The number of rotatable bonds is 5. The number of anilines is 1. The van der Waals surface area contributed by atoms with Gasteiger partial charge in [0.25, 0.3) is 0 Å². The van der Waals surface area contributed by atoms with Gasteiger partial charge in [-0.3, -0.25) is 9.59 Å². The van der Waals surface area contributed by atoms with E-state index in [-0.39, 0.29) is 22.9 Å². The van der Waals surface area contributed by atoms with E-state index in [4.69, 9.17) is 0 Å². The maximum atomic E-state index is 12.9. The summed E-state index contributed by atoms with van der Waals surface area (Å²) in [7, 11) is 0. The molecular weight excluding hydrogens is 377 g/mol. The second kappa shape index (κ2) is 8.87. The van der Waals surface area contributed by atoms with Gasteiger partial charge in [0, 0.05) is 22.9 Å². The fraction of sp³-hybridized carbons (Fsp3) is 0.154. The van der Waals surface area contributed by atoms with Crippen molar-refractivity contribution in [2.24, 2.45) is 0 Å². The Morgan fingerprint density at radius 3 is 2.17 bits per heavy atom. The minimum Gasteiger partial charge on any atom is -0.322 e. The van der Waals surface area contributed by atoms with Crippen molar-refractivity contribution < 1.29 is 14.0 Å². The minimum absolute atomic E-state index is 0.0210. The Hall–Kier alpha value is -3.53. The lowest BCUT2D eigenvalue weighted by Crippen LogP contribution is -2.11. The molecule has 0 aliphatic rings. The molecule has 0 spiro atoms. The molecule has 0 fully saturated rings. The van der Waals surface area contributed by atoms with Crippen LogP contribution in [-0.2, 0) is 10.2 Å². The molecule has 0 aromatic heterocycles. The van der Waals surface area contributed by atoms with Crippen molar-refractivity contribution in [2.75, 3.05) is 5.32 Å². The maximum absolute atomic E-state index is 12.9. The summed E-state index contributed by atoms with van der Waals surface area (Å²) in [5, 5.41) is 2.75. The van der Waals surface area contributed by atoms with Crippen molar-refractivity contribution in [2.45, 2.75) is 26.2 Å². The lowest BCUT2D eigenvalue weighted by atomic mass is 9.86. The van der Waals surface area contributed by atoms with Crippen LogP contribution in [0.2, 0.25) is 0 Å². The standard InChI is InChI=1S/C26H24FNO2/c1-26(2,3)21-12-10-19(11-13-21)25(30)20-5-4-6-23(17-20)28-24(29)16-9-18-7-14-22(27)15-8-18/h4-17H,1-3H3,(H,28,29)/b16-9+. The highest BCUT2D eigenvalue weighted by atomic mass is 19.1. The highest BCUT2D eigenvalue weighted by Crippen LogP contribution is 2.23. The topological polar surface area (TPSA) is 46.2 Å². The first-order valence-corrected chi connectivity index (χ1v) is 9.72. The molecule has 0 atom stereocenters. The van der Waals surface area contributed by atoms with Crippen LogP contribution >= 0.6 is 0 Å². The van der Waals surface area contributed by atoms with E-state index in [2.05, 4.69) is 26.1 Å². The first-order chi connectivity index (χ1) is 14.2. The maximum Gasteiger partial charge on any atom is 0.248 e. The molecule has 0 saturated heterocycles. The third-order valence-corrected chi connectivity index (χ3v) is 4.70. The van der Waals surface area contributed by atoms with Crippen LogP contribution in [-0.4, -0.2) is 11.7 Å². The zero-order chi connectivity index (χ0) is 21.7. The van der Waals surface area contributed by atoms with E-state index in [1.54, 1.807) is 42.5 Å². The Labute approximate surface area is 176 Å². The molecule has 0 radical (unpaired) electrons. The molecule has 0 aliphatic carbocycles. The van der Waals surface area contributed by atoms with Gasteiger partial charge in [0.2, 0.25) is 5.91 Å². The van der Waals surface area contributed by atoms with Gasteiger partial charge in [-0.2, -0.15) is 0 Å². The highest BCUT2D eigenvalue weighted by molar-refractivity contribution is 6.10. The predicted octanol–water partition coefficient (Wildman–Crippen LogP) is 6.01. The zero-order valence-corrected chi connectivity index (χ0v) is 17.3. The number of benzene rings is 3. The van der Waals surface area contributed by atoms with Gasteiger partial charge in [-0.05, 0) is 46.9 Å². The first kappa shape index (κ1) is 21.2. The first-order valence-electron chi connectivity index (χ1n) is 9.72. The highest BCUT2D eigenvalue weighted by Gasteiger charge is 2.15. The second-order valence-corrected chi connectivity index (χ2v) is 8.11. The van der Waals surface area contributed by atoms with Crippen LogP contribution in [0.3, 0.4) is 0 Å². The molecule has 0 saturated carbocycles. The molecule has 0 aliphatic heterocycles. The van der Waals surface area contributed by atoms with Crippen molar-refractivity contribution >= 4 is 23.5 Å². The Morgan fingerprint density at radius 1 is 0.867 bits per heavy atom. The summed E-state index contributed by atoms with van der Waals surface area (Å²) in [6.45, 7) is 6.38. The van der Waals surface area contributed by atoms with Crippen LogP contribution < -0.4 is 5.32 Å². The fourth-order valence-corrected chi connectivity index (χ4v) is 2.96. The minimum atomic E-state index is -0.335. The number of ketones is 1. The van der Waals surface area contributed by atoms with Crippen LogP contribution in [0.1, 0.15) is 47.8 Å². The van der Waals surface area contributed by atoms with Crippen molar-refractivity contribution in [1.29, 1.82) is 0 Å². The van der Waals surface area contributed by atoms with Gasteiger partial charge >= 0.3 is 0 Å². The molecule has 30 heavy (non-hydrogen) atoms. The Bertz CT molecular complexity index is 1080. The smallest absolute Gasteiger partial charge is 0.248 e. The molecule has 0 bridgehead atoms. The fourth-order valence-electron chi connectivity index (χ4n) is 2.96. The van der Waals surface area contributed by atoms with Gasteiger partial charge in [0.05, 0.1) is 0 Å². The molecule has 152 valence electrons. The van der Waals surface area contributed by atoms with E-state index in [0.717, 1.165) is 5.56 Å². The van der Waals surface area contributed by atoms with Gasteiger partial charge in [0.1, 0.15) is 5.82 Å². The molecule has 3 nitrogen and oxygen atoms in total. The van der Waals surface area contributed by atoms with Crippen LogP contribution in [0, 0.1) is 5.82 Å². The van der Waals surface area contributed by atoms with Crippen molar-refractivity contribution in [3.8, 4) is 0 Å². The summed E-state index contributed by atoms with van der Waals surface area (Å²) in [5.74, 6) is -0.766. The van der Waals surface area contributed by atoms with Crippen molar-refractivity contribution in [1.82, 2.24) is 0 Å². The molecule has 1 amide bonds. The van der Waals surface area contributed by atoms with Crippen LogP contribution in [0.25, 0.3) is 6.08 Å². The van der Waals surface area contributed by atoms with E-state index in [1.807, 2.05) is 24.3 Å². The Morgan fingerprint density at radius 2 is 1.53 bits per heavy atom. The van der Waals surface area contributed by atoms with Gasteiger partial charge in [-0.1, -0.05) is 69.3 Å². The number of hydrogen-bond acceptors (Lipinski definition) is 2. The molecule has 1 N–H and O–H groups in total. The molecule has 0 unspecified atom stereocenters. The van der Waals surface area contributed by atoms with Crippen LogP contribution in [0.4, 0.5) is 10.1 Å². The molecule has 0 heterocycles. The van der Waals surface area contributed by atoms with Gasteiger partial charge in [0.15, 0.2) is 5.78 Å². The van der Waals surface area contributed by atoms with Gasteiger partial charge in [-0.25, -0.2) is 4.39 Å². The third kappa shape index (κ3) is 5.51. The Balaban J connectivity index is 1.70. The molecule has 4 heteroatoms. The van der Waals surface area contributed by atoms with E-state index < -0.39 is 0 Å². The van der Waals surface area contributed by atoms with E-state index in [9.17, 15) is 14.0 Å². The quantitative estimate of drug-likeness (QED) is 0.421. The Kier molecular flexibility index (Phi) is 6.26. The van der Waals surface area contributed by atoms with E-state index >= 15 is 0 Å². The number of nitrogens with one attached hydrogen (secondary N) is 1. The second-order valence-electron chi connectivity index (χ2n) is 8.11. The summed E-state index contributed by atoms with van der Waals surface area (Å²) in [4.78, 5) is 25.0. The molecule has 3 aromatic rings. The summed E-state index contributed by atoms with van der Waals surface area (Å²) >= 11 is 0. The van der Waals surface area contributed by atoms with E-state index in [0.29, 0.717) is 22.4 Å². The summed E-state index contributed by atoms with van der Waals surface area (Å²) in [5.41, 5.74) is 3.53. The lowest BCUT2D eigenvalue weighted by Gasteiger charge is -2.19. The van der Waals surface area contributed by atoms with Gasteiger partial charge < -0.3 is 5.32 Å². The van der Waals surface area contributed by atoms with Crippen molar-refractivity contribution in [3.05, 3.63) is 107 Å². The summed E-state index contributed by atoms with van der Waals surface area (Å²) in [6, 6.07) is 20.3. The van der Waals surface area contributed by atoms with Crippen LogP contribution in [0.5, 0.6) is 0 Å². The molecule has 3 aromatic carbocycles. The SMILES string of the molecule is CC(C)(C)c1ccc(C(=O)c2cccc(NC(=O)/C=C/c3ccc(F)cc3)c2)cc1. The largest absolute Gasteiger partial charge is 0.322 e. The zero-order valence-electron chi connectivity index (χ0n) is 17.3. The van der Waals surface area contributed by atoms with Gasteiger partial charge in [-0.15, -0.1) is 0 Å². The monoisotopic (exact) mass is 401 g/mol. The average molecular weight is 401 g/mol. The summed E-state index contributed by atoms with van der Waals surface area (Å²) < 4.78 is 12.9.